The second-order valence-electron chi connectivity index (χ2n) is 6.77. The second-order valence-corrected chi connectivity index (χ2v) is 6.77. The van der Waals surface area contributed by atoms with Crippen LogP contribution in [0.1, 0.15) is 27.4 Å². The minimum absolute atomic E-state index is 0.110. The second kappa shape index (κ2) is 8.20. The Hall–Kier alpha value is -4.31. The predicted molar refractivity (Wildman–Crippen MR) is 110 cm³/mol. The SMILES string of the molecule is COc1cccc(C(=O)Oc2ccc3c(c2)OC(N)=C(C#N)C3c2ccccc2F)c1. The van der Waals surface area contributed by atoms with E-state index in [1.54, 1.807) is 54.6 Å². The third-order valence-corrected chi connectivity index (χ3v) is 4.92. The number of nitrogens with two attached hydrogens (primary N) is 1. The molecule has 1 atom stereocenters. The predicted octanol–water partition coefficient (Wildman–Crippen LogP) is 4.27. The molecule has 1 unspecified atom stereocenters. The Labute approximate surface area is 177 Å². The van der Waals surface area contributed by atoms with Gasteiger partial charge in [0.05, 0.1) is 18.6 Å². The molecule has 0 saturated heterocycles. The van der Waals surface area contributed by atoms with Crippen molar-refractivity contribution in [3.05, 3.63) is 101 Å². The van der Waals surface area contributed by atoms with Crippen LogP contribution in [0.4, 0.5) is 4.39 Å². The number of methoxy groups -OCH3 is 1. The zero-order valence-electron chi connectivity index (χ0n) is 16.5. The van der Waals surface area contributed by atoms with E-state index in [-0.39, 0.29) is 23.0 Å². The standard InChI is InChI=1S/C24H17FN2O4/c1-29-15-6-4-5-14(11-15)24(28)30-16-9-10-18-21(12-16)31-23(27)19(13-26)22(18)17-7-2-3-8-20(17)25/h2-12,22H,27H2,1H3. The van der Waals surface area contributed by atoms with Gasteiger partial charge < -0.3 is 19.9 Å². The maximum absolute atomic E-state index is 14.5. The summed E-state index contributed by atoms with van der Waals surface area (Å²) in [6, 6.07) is 19.4. The van der Waals surface area contributed by atoms with Crippen molar-refractivity contribution >= 4 is 5.97 Å². The number of nitrogens with zero attached hydrogens (tertiary/aromatic N) is 1. The number of benzene rings is 3. The highest BCUT2D eigenvalue weighted by molar-refractivity contribution is 5.91. The maximum atomic E-state index is 14.5. The quantitative estimate of drug-likeness (QED) is 0.504. The van der Waals surface area contributed by atoms with Gasteiger partial charge in [0.1, 0.15) is 34.7 Å². The number of hydrogen-bond donors (Lipinski definition) is 1. The van der Waals surface area contributed by atoms with Crippen LogP contribution >= 0.6 is 0 Å². The van der Waals surface area contributed by atoms with Gasteiger partial charge in [-0.25, -0.2) is 9.18 Å². The zero-order valence-corrected chi connectivity index (χ0v) is 16.5. The fourth-order valence-electron chi connectivity index (χ4n) is 3.44. The maximum Gasteiger partial charge on any atom is 0.343 e. The molecular formula is C24H17FN2O4. The topological polar surface area (TPSA) is 94.6 Å². The smallest absolute Gasteiger partial charge is 0.343 e. The summed E-state index contributed by atoms with van der Waals surface area (Å²) < 4.78 is 30.7. The van der Waals surface area contributed by atoms with Gasteiger partial charge >= 0.3 is 5.97 Å². The van der Waals surface area contributed by atoms with Crippen molar-refractivity contribution in [2.45, 2.75) is 5.92 Å². The van der Waals surface area contributed by atoms with Gasteiger partial charge in [0, 0.05) is 17.2 Å². The van der Waals surface area contributed by atoms with Crippen molar-refractivity contribution in [3.63, 3.8) is 0 Å². The van der Waals surface area contributed by atoms with Crippen molar-refractivity contribution in [2.24, 2.45) is 5.73 Å². The number of carbonyl (C=O) groups is 1. The number of rotatable bonds is 4. The molecule has 1 aliphatic rings. The summed E-state index contributed by atoms with van der Waals surface area (Å²) in [5.41, 5.74) is 7.21. The summed E-state index contributed by atoms with van der Waals surface area (Å²) in [6.07, 6.45) is 0. The first-order valence-electron chi connectivity index (χ1n) is 9.34. The first-order valence-corrected chi connectivity index (χ1v) is 9.34. The first kappa shape index (κ1) is 20.0. The highest BCUT2D eigenvalue weighted by Gasteiger charge is 2.32. The van der Waals surface area contributed by atoms with E-state index in [4.69, 9.17) is 19.9 Å². The third-order valence-electron chi connectivity index (χ3n) is 4.92. The van der Waals surface area contributed by atoms with Crippen LogP contribution in [-0.4, -0.2) is 13.1 Å². The number of allylic oxidation sites excluding steroid dienone is 1. The first-order chi connectivity index (χ1) is 15.0. The number of esters is 1. The van der Waals surface area contributed by atoms with Crippen molar-refractivity contribution in [1.82, 2.24) is 0 Å². The Bertz CT molecular complexity index is 1250. The van der Waals surface area contributed by atoms with Crippen LogP contribution in [0.2, 0.25) is 0 Å². The van der Waals surface area contributed by atoms with Crippen LogP contribution in [0.15, 0.2) is 78.2 Å². The lowest BCUT2D eigenvalue weighted by atomic mass is 9.83. The average molecular weight is 416 g/mol. The molecule has 154 valence electrons. The number of fused-ring (bicyclic) bond motifs is 1. The molecule has 6 nitrogen and oxygen atoms in total. The third kappa shape index (κ3) is 3.79. The van der Waals surface area contributed by atoms with Crippen molar-refractivity contribution in [1.29, 1.82) is 5.26 Å². The molecule has 0 aliphatic carbocycles. The van der Waals surface area contributed by atoms with Crippen molar-refractivity contribution in [3.8, 4) is 23.3 Å². The largest absolute Gasteiger partial charge is 0.497 e. The molecule has 3 aromatic rings. The van der Waals surface area contributed by atoms with E-state index in [1.165, 1.54) is 19.2 Å². The molecular weight excluding hydrogens is 399 g/mol. The van der Waals surface area contributed by atoms with Gasteiger partial charge in [-0.2, -0.15) is 5.26 Å². The molecule has 0 fully saturated rings. The van der Waals surface area contributed by atoms with E-state index < -0.39 is 17.7 Å². The molecule has 0 saturated carbocycles. The summed E-state index contributed by atoms with van der Waals surface area (Å²) in [6.45, 7) is 0. The highest BCUT2D eigenvalue weighted by atomic mass is 19.1. The summed E-state index contributed by atoms with van der Waals surface area (Å²) in [4.78, 5) is 12.5. The summed E-state index contributed by atoms with van der Waals surface area (Å²) in [5, 5.41) is 9.58. The summed E-state index contributed by atoms with van der Waals surface area (Å²) in [5.74, 6) is -0.890. The van der Waals surface area contributed by atoms with E-state index in [1.807, 2.05) is 6.07 Å². The van der Waals surface area contributed by atoms with E-state index >= 15 is 0 Å². The monoisotopic (exact) mass is 416 g/mol. The van der Waals surface area contributed by atoms with Crippen LogP contribution in [0.3, 0.4) is 0 Å². The molecule has 1 aliphatic heterocycles. The lowest BCUT2D eigenvalue weighted by molar-refractivity contribution is 0.0734. The Morgan fingerprint density at radius 2 is 1.87 bits per heavy atom. The number of halogens is 1. The Morgan fingerprint density at radius 1 is 1.06 bits per heavy atom. The Balaban J connectivity index is 1.69. The van der Waals surface area contributed by atoms with Gasteiger partial charge in [0.25, 0.3) is 0 Å². The van der Waals surface area contributed by atoms with Crippen LogP contribution in [0, 0.1) is 17.1 Å². The lowest BCUT2D eigenvalue weighted by Crippen LogP contribution is -2.21. The van der Waals surface area contributed by atoms with Gasteiger partial charge in [0.15, 0.2) is 0 Å². The number of ether oxygens (including phenoxy) is 3. The van der Waals surface area contributed by atoms with Gasteiger partial charge in [-0.05, 0) is 30.3 Å². The minimum Gasteiger partial charge on any atom is -0.497 e. The molecule has 0 radical (unpaired) electrons. The summed E-state index contributed by atoms with van der Waals surface area (Å²) >= 11 is 0. The molecule has 4 rings (SSSR count). The minimum atomic E-state index is -0.738. The van der Waals surface area contributed by atoms with Crippen molar-refractivity contribution < 1.29 is 23.4 Å². The molecule has 0 amide bonds. The number of hydrogen-bond acceptors (Lipinski definition) is 6. The lowest BCUT2D eigenvalue weighted by Gasteiger charge is -2.27. The number of carbonyl (C=O) groups excluding carboxylic acids is 1. The molecule has 7 heteroatoms. The van der Waals surface area contributed by atoms with E-state index in [2.05, 4.69) is 0 Å². The van der Waals surface area contributed by atoms with Crippen LogP contribution in [-0.2, 0) is 0 Å². The van der Waals surface area contributed by atoms with E-state index in [0.29, 0.717) is 22.4 Å². The van der Waals surface area contributed by atoms with Gasteiger partial charge in [-0.15, -0.1) is 0 Å². The van der Waals surface area contributed by atoms with E-state index in [0.717, 1.165) is 0 Å². The van der Waals surface area contributed by atoms with Gasteiger partial charge in [-0.3, -0.25) is 0 Å². The summed E-state index contributed by atoms with van der Waals surface area (Å²) in [7, 11) is 1.50. The van der Waals surface area contributed by atoms with Crippen LogP contribution in [0.5, 0.6) is 17.2 Å². The molecule has 31 heavy (non-hydrogen) atoms. The molecule has 0 bridgehead atoms. The fraction of sp³-hybridized carbons (Fsp3) is 0.0833. The number of nitriles is 1. The van der Waals surface area contributed by atoms with Crippen molar-refractivity contribution in [2.75, 3.05) is 7.11 Å². The highest BCUT2D eigenvalue weighted by Crippen LogP contribution is 2.44. The molecule has 0 spiro atoms. The molecule has 0 aromatic heterocycles. The van der Waals surface area contributed by atoms with Crippen LogP contribution < -0.4 is 19.9 Å². The average Bonchev–Trinajstić information content (AvgIpc) is 2.78. The zero-order chi connectivity index (χ0) is 22.0. The molecule has 2 N–H and O–H groups in total. The Morgan fingerprint density at radius 3 is 2.61 bits per heavy atom. The normalized spacial score (nSPS) is 14.8. The molecule has 3 aromatic carbocycles. The van der Waals surface area contributed by atoms with Crippen LogP contribution in [0.25, 0.3) is 0 Å². The Kier molecular flexibility index (Phi) is 5.29. The van der Waals surface area contributed by atoms with Gasteiger partial charge in [0.2, 0.25) is 5.88 Å². The fourth-order valence-corrected chi connectivity index (χ4v) is 3.44. The van der Waals surface area contributed by atoms with Gasteiger partial charge in [-0.1, -0.05) is 30.3 Å². The molecule has 1 heterocycles. The van der Waals surface area contributed by atoms with E-state index in [9.17, 15) is 14.4 Å².